The zero-order valence-electron chi connectivity index (χ0n) is 13.2. The first-order valence-electron chi connectivity index (χ1n) is 7.37. The third kappa shape index (κ3) is 3.26. The molecule has 1 N–H and O–H groups in total. The van der Waals surface area contributed by atoms with Crippen molar-refractivity contribution in [1.82, 2.24) is 29.6 Å². The molecule has 4 rings (SSSR count). The Morgan fingerprint density at radius 2 is 2.24 bits per heavy atom. The average Bonchev–Trinajstić information content (AvgIpc) is 3.29. The van der Waals surface area contributed by atoms with Crippen LogP contribution in [0.3, 0.4) is 0 Å². The Morgan fingerprint density at radius 1 is 1.36 bits per heavy atom. The maximum atomic E-state index is 12.3. The van der Waals surface area contributed by atoms with Gasteiger partial charge in [-0.3, -0.25) is 9.20 Å². The summed E-state index contributed by atoms with van der Waals surface area (Å²) >= 11 is 2.86. The molecule has 8 nitrogen and oxygen atoms in total. The highest BCUT2D eigenvalue weighted by atomic mass is 32.2. The maximum Gasteiger partial charge on any atom is 0.234 e. The number of carbonyl (C=O) groups is 1. The molecule has 0 bridgehead atoms. The minimum absolute atomic E-state index is 0.124. The molecule has 126 valence electrons. The molecule has 4 aromatic rings. The number of nitrogens with one attached hydrogen (secondary N) is 1. The van der Waals surface area contributed by atoms with Gasteiger partial charge in [-0.15, -0.1) is 16.4 Å². The molecule has 0 aliphatic carbocycles. The fraction of sp³-hybridized carbons (Fsp3) is 0.133. The average molecular weight is 371 g/mol. The van der Waals surface area contributed by atoms with Gasteiger partial charge in [0.1, 0.15) is 0 Å². The molecule has 0 saturated heterocycles. The van der Waals surface area contributed by atoms with E-state index in [1.165, 1.54) is 16.4 Å². The fourth-order valence-electron chi connectivity index (χ4n) is 2.33. The van der Waals surface area contributed by atoms with Gasteiger partial charge >= 0.3 is 0 Å². The smallest absolute Gasteiger partial charge is 0.234 e. The van der Waals surface area contributed by atoms with Crippen LogP contribution in [0.4, 0.5) is 5.69 Å². The summed E-state index contributed by atoms with van der Waals surface area (Å²) in [7, 11) is 1.74. The summed E-state index contributed by atoms with van der Waals surface area (Å²) in [6.45, 7) is 0. The number of hydrogen-bond acceptors (Lipinski definition) is 7. The molecular weight excluding hydrogens is 358 g/mol. The minimum Gasteiger partial charge on any atom is -0.325 e. The third-order valence-corrected chi connectivity index (χ3v) is 5.27. The lowest BCUT2D eigenvalue weighted by Crippen LogP contribution is -2.15. The Labute approximate surface area is 150 Å². The molecule has 0 radical (unpaired) electrons. The number of rotatable bonds is 5. The lowest BCUT2D eigenvalue weighted by Gasteiger charge is -2.09. The molecule has 3 aromatic heterocycles. The second-order valence-corrected chi connectivity index (χ2v) is 7.00. The van der Waals surface area contributed by atoms with Gasteiger partial charge in [0, 0.05) is 30.4 Å². The van der Waals surface area contributed by atoms with Crippen molar-refractivity contribution in [2.75, 3.05) is 11.1 Å². The number of para-hydroxylation sites is 1. The fourth-order valence-corrected chi connectivity index (χ4v) is 3.68. The number of anilines is 1. The highest BCUT2D eigenvalue weighted by Crippen LogP contribution is 2.28. The second-order valence-electron chi connectivity index (χ2n) is 5.19. The largest absolute Gasteiger partial charge is 0.325 e. The highest BCUT2D eigenvalue weighted by molar-refractivity contribution is 7.99. The number of hydrogen-bond donors (Lipinski definition) is 1. The van der Waals surface area contributed by atoms with Gasteiger partial charge in [-0.1, -0.05) is 30.0 Å². The van der Waals surface area contributed by atoms with Crippen LogP contribution >= 0.6 is 23.1 Å². The van der Waals surface area contributed by atoms with Crippen molar-refractivity contribution < 1.29 is 4.79 Å². The predicted molar refractivity (Wildman–Crippen MR) is 96.7 cm³/mol. The normalized spacial score (nSPS) is 11.1. The van der Waals surface area contributed by atoms with Crippen molar-refractivity contribution >= 4 is 39.7 Å². The van der Waals surface area contributed by atoms with Gasteiger partial charge in [-0.2, -0.15) is 0 Å². The van der Waals surface area contributed by atoms with Crippen LogP contribution in [0.5, 0.6) is 0 Å². The first-order valence-corrected chi connectivity index (χ1v) is 9.24. The summed E-state index contributed by atoms with van der Waals surface area (Å²) in [5, 5.41) is 16.7. The molecule has 25 heavy (non-hydrogen) atoms. The Bertz CT molecular complexity index is 1010. The van der Waals surface area contributed by atoms with Crippen molar-refractivity contribution in [2.24, 2.45) is 7.05 Å². The summed E-state index contributed by atoms with van der Waals surface area (Å²) in [4.78, 5) is 17.8. The monoisotopic (exact) mass is 371 g/mol. The zero-order valence-corrected chi connectivity index (χ0v) is 14.8. The van der Waals surface area contributed by atoms with Gasteiger partial charge in [0.2, 0.25) is 11.1 Å². The number of carbonyl (C=O) groups excluding carboxylic acids is 1. The number of thiazole rings is 1. The van der Waals surface area contributed by atoms with E-state index in [-0.39, 0.29) is 11.7 Å². The van der Waals surface area contributed by atoms with Crippen LogP contribution in [0.2, 0.25) is 0 Å². The van der Waals surface area contributed by atoms with Crippen molar-refractivity contribution in [2.45, 2.75) is 5.16 Å². The summed E-state index contributed by atoms with van der Waals surface area (Å²) < 4.78 is 3.50. The topological polar surface area (TPSA) is 90.0 Å². The molecule has 0 atom stereocenters. The van der Waals surface area contributed by atoms with E-state index in [2.05, 4.69) is 25.8 Å². The number of benzene rings is 1. The molecule has 0 aliphatic rings. The van der Waals surface area contributed by atoms with Crippen LogP contribution in [-0.4, -0.2) is 41.3 Å². The standard InChI is InChI=1S/C15H13N7OS2/c1-21-15(18-19-20-21)25-9-13(23)16-11-5-3-2-4-10(11)12-8-22-6-7-24-14(22)17-12/h2-8H,9H2,1H3,(H,16,23). The molecular formula is C15H13N7OS2. The molecule has 0 saturated carbocycles. The minimum atomic E-state index is -0.124. The van der Waals surface area contributed by atoms with E-state index in [9.17, 15) is 4.79 Å². The number of aromatic nitrogens is 6. The van der Waals surface area contributed by atoms with Gasteiger partial charge < -0.3 is 5.32 Å². The van der Waals surface area contributed by atoms with E-state index in [0.29, 0.717) is 5.16 Å². The number of thioether (sulfide) groups is 1. The first kappa shape index (κ1) is 15.8. The molecule has 1 amide bonds. The van der Waals surface area contributed by atoms with Gasteiger partial charge in [0.15, 0.2) is 4.96 Å². The lowest BCUT2D eigenvalue weighted by molar-refractivity contribution is -0.113. The number of amides is 1. The van der Waals surface area contributed by atoms with Crippen LogP contribution < -0.4 is 5.32 Å². The maximum absolute atomic E-state index is 12.3. The summed E-state index contributed by atoms with van der Waals surface area (Å²) in [6.07, 6.45) is 3.92. The van der Waals surface area contributed by atoms with Crippen LogP contribution in [0.15, 0.2) is 47.2 Å². The molecule has 0 aliphatic heterocycles. The number of fused-ring (bicyclic) bond motifs is 1. The lowest BCUT2D eigenvalue weighted by atomic mass is 10.1. The molecule has 0 spiro atoms. The molecule has 3 heterocycles. The Hall–Kier alpha value is -2.72. The second kappa shape index (κ2) is 6.65. The summed E-state index contributed by atoms with van der Waals surface area (Å²) in [5.74, 6) is 0.0994. The van der Waals surface area contributed by atoms with Gasteiger partial charge in [-0.05, 0) is 16.5 Å². The quantitative estimate of drug-likeness (QED) is 0.542. The molecule has 0 fully saturated rings. The number of imidazole rings is 1. The third-order valence-electron chi connectivity index (χ3n) is 3.48. The number of aryl methyl sites for hydroxylation is 1. The van der Waals surface area contributed by atoms with Crippen LogP contribution in [0.1, 0.15) is 0 Å². The number of tetrazole rings is 1. The van der Waals surface area contributed by atoms with Crippen molar-refractivity contribution in [1.29, 1.82) is 0 Å². The highest BCUT2D eigenvalue weighted by Gasteiger charge is 2.13. The van der Waals surface area contributed by atoms with E-state index >= 15 is 0 Å². The van der Waals surface area contributed by atoms with E-state index in [1.807, 2.05) is 46.4 Å². The van der Waals surface area contributed by atoms with Gasteiger partial charge in [0.05, 0.1) is 17.1 Å². The summed E-state index contributed by atoms with van der Waals surface area (Å²) in [5.41, 5.74) is 2.44. The van der Waals surface area contributed by atoms with Crippen molar-refractivity contribution in [3.8, 4) is 11.3 Å². The molecule has 0 unspecified atom stereocenters. The predicted octanol–water partition coefficient (Wildman–Crippen LogP) is 2.32. The van der Waals surface area contributed by atoms with Crippen molar-refractivity contribution in [3.05, 3.63) is 42.0 Å². The van der Waals surface area contributed by atoms with E-state index in [4.69, 9.17) is 0 Å². The van der Waals surface area contributed by atoms with E-state index < -0.39 is 0 Å². The number of nitrogens with zero attached hydrogens (tertiary/aromatic N) is 6. The molecule has 1 aromatic carbocycles. The SMILES string of the molecule is Cn1nnnc1SCC(=O)Nc1ccccc1-c1cn2ccsc2n1. The zero-order chi connectivity index (χ0) is 17.2. The van der Waals surface area contributed by atoms with E-state index in [1.54, 1.807) is 18.4 Å². The van der Waals surface area contributed by atoms with Crippen molar-refractivity contribution in [3.63, 3.8) is 0 Å². The Balaban J connectivity index is 1.51. The van der Waals surface area contributed by atoms with Gasteiger partial charge in [-0.25, -0.2) is 9.67 Å². The van der Waals surface area contributed by atoms with Crippen LogP contribution in [0.25, 0.3) is 16.2 Å². The van der Waals surface area contributed by atoms with Gasteiger partial charge in [0.25, 0.3) is 0 Å². The molecule has 10 heteroatoms. The Kier molecular flexibility index (Phi) is 4.20. The summed E-state index contributed by atoms with van der Waals surface area (Å²) in [6, 6.07) is 7.63. The van der Waals surface area contributed by atoms with Crippen LogP contribution in [0, 0.1) is 0 Å². The first-order chi connectivity index (χ1) is 12.2. The Morgan fingerprint density at radius 3 is 3.04 bits per heavy atom. The van der Waals surface area contributed by atoms with E-state index in [0.717, 1.165) is 21.9 Å². The van der Waals surface area contributed by atoms with Crippen LogP contribution in [-0.2, 0) is 11.8 Å².